The largest absolute Gasteiger partial charge is 0.488 e. The summed E-state index contributed by atoms with van der Waals surface area (Å²) in [5.74, 6) is 0.371. The predicted molar refractivity (Wildman–Crippen MR) is 151 cm³/mol. The van der Waals surface area contributed by atoms with Gasteiger partial charge in [0.2, 0.25) is 0 Å². The molecule has 0 N–H and O–H groups in total. The Balaban J connectivity index is 1.34. The van der Waals surface area contributed by atoms with Crippen molar-refractivity contribution in [3.05, 3.63) is 100.0 Å². The van der Waals surface area contributed by atoms with Crippen molar-refractivity contribution in [3.8, 4) is 11.8 Å². The first-order valence-corrected chi connectivity index (χ1v) is 13.3. The summed E-state index contributed by atoms with van der Waals surface area (Å²) >= 11 is 1.27. The molecule has 2 aliphatic heterocycles. The molecule has 0 aromatic heterocycles. The number of amidine groups is 1. The zero-order valence-corrected chi connectivity index (χ0v) is 22.2. The molecule has 0 spiro atoms. The van der Waals surface area contributed by atoms with Crippen LogP contribution in [0, 0.1) is 11.3 Å². The molecule has 2 fully saturated rings. The Morgan fingerprint density at radius 1 is 1.10 bits per heavy atom. The molecule has 0 saturated carbocycles. The number of nitrogens with zero attached hydrogens (tertiary/aromatic N) is 4. The fraction of sp³-hybridized carbons (Fsp3) is 0.200. The van der Waals surface area contributed by atoms with Gasteiger partial charge in [-0.05, 0) is 48.2 Å². The van der Waals surface area contributed by atoms with Crippen molar-refractivity contribution in [1.82, 2.24) is 9.80 Å². The fourth-order valence-electron chi connectivity index (χ4n) is 4.20. The van der Waals surface area contributed by atoms with E-state index in [1.165, 1.54) is 16.7 Å². The second-order valence-electron chi connectivity index (χ2n) is 8.92. The number of rotatable bonds is 6. The van der Waals surface area contributed by atoms with Crippen LogP contribution in [0.1, 0.15) is 27.0 Å². The molecule has 2 saturated heterocycles. The molecular weight excluding hydrogens is 512 g/mol. The van der Waals surface area contributed by atoms with Gasteiger partial charge in [-0.3, -0.25) is 14.5 Å². The number of para-hydroxylation sites is 1. The first-order chi connectivity index (χ1) is 19.0. The molecule has 5 rings (SSSR count). The van der Waals surface area contributed by atoms with E-state index in [-0.39, 0.29) is 18.4 Å². The number of nitriles is 1. The van der Waals surface area contributed by atoms with Crippen LogP contribution >= 0.6 is 11.8 Å². The van der Waals surface area contributed by atoms with E-state index in [4.69, 9.17) is 9.47 Å². The number of aliphatic imine (C=N–C) groups is 1. The van der Waals surface area contributed by atoms with Crippen LogP contribution in [0.25, 0.3) is 6.08 Å². The van der Waals surface area contributed by atoms with Gasteiger partial charge in [-0.1, -0.05) is 42.5 Å². The average molecular weight is 539 g/mol. The molecule has 0 atom stereocenters. The number of carbonyl (C=O) groups is 2. The topological polar surface area (TPSA) is 95.2 Å². The van der Waals surface area contributed by atoms with Gasteiger partial charge < -0.3 is 14.4 Å². The lowest BCUT2D eigenvalue weighted by Gasteiger charge is -2.26. The maximum absolute atomic E-state index is 13.1. The summed E-state index contributed by atoms with van der Waals surface area (Å²) in [6, 6.07) is 24.1. The van der Waals surface area contributed by atoms with Crippen molar-refractivity contribution >= 4 is 40.5 Å². The number of amides is 2. The highest BCUT2D eigenvalue weighted by Crippen LogP contribution is 2.35. The molecule has 2 amide bonds. The standard InChI is InChI=1S/C30H26N4O4S/c1-33-29(36)27(18-21-7-4-5-12-26(21)38-20-24-9-3-2-8-23(24)19-31)39-30(33)32-25-11-6-10-22(17-25)28(35)34-13-15-37-16-14-34/h2-12,17-18H,13-16,20H2,1H3/b27-18+,32-30?. The molecule has 0 bridgehead atoms. The van der Waals surface area contributed by atoms with Gasteiger partial charge in [-0.15, -0.1) is 0 Å². The predicted octanol–water partition coefficient (Wildman–Crippen LogP) is 4.84. The lowest BCUT2D eigenvalue weighted by Crippen LogP contribution is -2.40. The van der Waals surface area contributed by atoms with E-state index in [2.05, 4.69) is 11.1 Å². The molecule has 39 heavy (non-hydrogen) atoms. The minimum Gasteiger partial charge on any atom is -0.488 e. The molecule has 9 heteroatoms. The lowest BCUT2D eigenvalue weighted by atomic mass is 10.1. The number of thioether (sulfide) groups is 1. The normalized spacial score (nSPS) is 17.5. The Kier molecular flexibility index (Phi) is 8.06. The van der Waals surface area contributed by atoms with Gasteiger partial charge in [-0.2, -0.15) is 5.26 Å². The molecule has 2 heterocycles. The van der Waals surface area contributed by atoms with Crippen LogP contribution in [-0.2, 0) is 16.1 Å². The molecule has 0 unspecified atom stereocenters. The van der Waals surface area contributed by atoms with Crippen molar-refractivity contribution in [2.75, 3.05) is 33.4 Å². The summed E-state index contributed by atoms with van der Waals surface area (Å²) in [5.41, 5.74) is 3.24. The monoisotopic (exact) mass is 538 g/mol. The van der Waals surface area contributed by atoms with Gasteiger partial charge in [0.1, 0.15) is 12.4 Å². The van der Waals surface area contributed by atoms with Crippen molar-refractivity contribution in [2.24, 2.45) is 4.99 Å². The molecule has 3 aromatic carbocycles. The number of morpholine rings is 1. The van der Waals surface area contributed by atoms with Crippen LogP contribution in [0.4, 0.5) is 5.69 Å². The maximum Gasteiger partial charge on any atom is 0.266 e. The number of likely N-dealkylation sites (N-methyl/N-ethyl adjacent to an activating group) is 1. The Morgan fingerprint density at radius 3 is 2.69 bits per heavy atom. The van der Waals surface area contributed by atoms with E-state index in [0.29, 0.717) is 58.9 Å². The maximum atomic E-state index is 13.1. The summed E-state index contributed by atoms with van der Waals surface area (Å²) in [6.45, 7) is 2.43. The third-order valence-electron chi connectivity index (χ3n) is 6.35. The highest BCUT2D eigenvalue weighted by Gasteiger charge is 2.31. The molecule has 3 aromatic rings. The third-order valence-corrected chi connectivity index (χ3v) is 7.41. The number of benzene rings is 3. The van der Waals surface area contributed by atoms with Crippen LogP contribution in [0.2, 0.25) is 0 Å². The second kappa shape index (κ2) is 12.0. The van der Waals surface area contributed by atoms with Crippen LogP contribution in [0.5, 0.6) is 5.75 Å². The van der Waals surface area contributed by atoms with Crippen molar-refractivity contribution in [1.29, 1.82) is 5.26 Å². The van der Waals surface area contributed by atoms with Crippen LogP contribution in [0.15, 0.2) is 82.7 Å². The molecule has 0 radical (unpaired) electrons. The second-order valence-corrected chi connectivity index (χ2v) is 9.93. The minimum atomic E-state index is -0.177. The number of carbonyl (C=O) groups excluding carboxylic acids is 2. The van der Waals surface area contributed by atoms with Crippen molar-refractivity contribution in [2.45, 2.75) is 6.61 Å². The van der Waals surface area contributed by atoms with Crippen molar-refractivity contribution < 1.29 is 19.1 Å². The van der Waals surface area contributed by atoms with Crippen LogP contribution in [0.3, 0.4) is 0 Å². The Hall–Kier alpha value is -4.39. The van der Waals surface area contributed by atoms with Gasteiger partial charge in [0, 0.05) is 36.8 Å². The average Bonchev–Trinajstić information content (AvgIpc) is 3.24. The van der Waals surface area contributed by atoms with Gasteiger partial charge in [0.25, 0.3) is 11.8 Å². The summed E-state index contributed by atoms with van der Waals surface area (Å²) in [6.07, 6.45) is 1.79. The quantitative estimate of drug-likeness (QED) is 0.417. The summed E-state index contributed by atoms with van der Waals surface area (Å²) in [4.78, 5) is 34.4. The van der Waals surface area contributed by atoms with Crippen molar-refractivity contribution in [3.63, 3.8) is 0 Å². The Morgan fingerprint density at radius 2 is 1.87 bits per heavy atom. The molecule has 196 valence electrons. The highest BCUT2D eigenvalue weighted by molar-refractivity contribution is 8.18. The number of hydrogen-bond acceptors (Lipinski definition) is 7. The van der Waals surface area contributed by atoms with E-state index >= 15 is 0 Å². The first kappa shape index (κ1) is 26.2. The molecule has 8 nitrogen and oxygen atoms in total. The Labute approximate surface area is 231 Å². The van der Waals surface area contributed by atoms with E-state index in [1.807, 2.05) is 48.5 Å². The van der Waals surface area contributed by atoms with E-state index in [1.54, 1.807) is 42.3 Å². The van der Waals surface area contributed by atoms with Crippen LogP contribution < -0.4 is 4.74 Å². The Bertz CT molecular complexity index is 1500. The van der Waals surface area contributed by atoms with Gasteiger partial charge in [-0.25, -0.2) is 4.99 Å². The molecular formula is C30H26N4O4S. The summed E-state index contributed by atoms with van der Waals surface area (Å²) in [7, 11) is 1.68. The van der Waals surface area contributed by atoms with E-state index < -0.39 is 0 Å². The number of ether oxygens (including phenoxy) is 2. The summed E-state index contributed by atoms with van der Waals surface area (Å²) < 4.78 is 11.4. The lowest BCUT2D eigenvalue weighted by molar-refractivity contribution is -0.121. The van der Waals surface area contributed by atoms with E-state index in [0.717, 1.165) is 11.1 Å². The molecule has 0 aliphatic carbocycles. The van der Waals surface area contributed by atoms with Crippen LogP contribution in [-0.4, -0.2) is 60.1 Å². The van der Waals surface area contributed by atoms with Gasteiger partial charge in [0.15, 0.2) is 5.17 Å². The molecule has 2 aliphatic rings. The SMILES string of the molecule is CN1C(=O)/C(=C\c2ccccc2OCc2ccccc2C#N)SC1=Nc1cccc(C(=O)N2CCOCC2)c1. The third kappa shape index (κ3) is 6.03. The smallest absolute Gasteiger partial charge is 0.266 e. The number of hydrogen-bond donors (Lipinski definition) is 0. The fourth-order valence-corrected chi connectivity index (χ4v) is 5.18. The van der Waals surface area contributed by atoms with Gasteiger partial charge in [0.05, 0.1) is 35.4 Å². The van der Waals surface area contributed by atoms with Gasteiger partial charge >= 0.3 is 0 Å². The summed E-state index contributed by atoms with van der Waals surface area (Å²) in [5, 5.41) is 9.87. The minimum absolute atomic E-state index is 0.0570. The first-order valence-electron chi connectivity index (χ1n) is 12.5. The zero-order valence-electron chi connectivity index (χ0n) is 21.4. The van der Waals surface area contributed by atoms with E-state index in [9.17, 15) is 14.9 Å². The zero-order chi connectivity index (χ0) is 27.2. The highest BCUT2D eigenvalue weighted by atomic mass is 32.2.